The van der Waals surface area contributed by atoms with Crippen molar-refractivity contribution in [2.24, 2.45) is 5.41 Å². The molecule has 1 aromatic carbocycles. The summed E-state index contributed by atoms with van der Waals surface area (Å²) in [5.41, 5.74) is -3.69. The number of aliphatic hydroxyl groups excluding tert-OH is 1. The fourth-order valence-corrected chi connectivity index (χ4v) is 3.32. The normalized spacial score (nSPS) is 18.1. The molecule has 156 valence electrons. The van der Waals surface area contributed by atoms with Crippen molar-refractivity contribution in [2.75, 3.05) is 32.8 Å². The Balaban J connectivity index is 0.00000364. The van der Waals surface area contributed by atoms with E-state index in [-0.39, 0.29) is 30.6 Å². The van der Waals surface area contributed by atoms with Gasteiger partial charge in [-0.05, 0) is 23.8 Å². The average molecular weight is 421 g/mol. The fraction of sp³-hybridized carbons (Fsp3) is 0.647. The monoisotopic (exact) mass is 420 g/mol. The van der Waals surface area contributed by atoms with E-state index in [0.717, 1.165) is 12.1 Å². The molecule has 1 aliphatic rings. The van der Waals surface area contributed by atoms with Gasteiger partial charge in [-0.2, -0.15) is 26.3 Å². The molecule has 0 aromatic heterocycles. The van der Waals surface area contributed by atoms with Crippen LogP contribution in [0.4, 0.5) is 26.3 Å². The largest absolute Gasteiger partial charge is 0.416 e. The number of hydrogen-bond donors (Lipinski definition) is 2. The number of piperazine rings is 1. The fourth-order valence-electron chi connectivity index (χ4n) is 3.32. The lowest BCUT2D eigenvalue weighted by atomic mass is 9.79. The van der Waals surface area contributed by atoms with E-state index in [2.05, 4.69) is 5.32 Å². The highest BCUT2D eigenvalue weighted by Crippen LogP contribution is 2.43. The van der Waals surface area contributed by atoms with Crippen molar-refractivity contribution in [2.45, 2.75) is 32.2 Å². The molecule has 0 spiro atoms. The Morgan fingerprint density at radius 1 is 0.963 bits per heavy atom. The van der Waals surface area contributed by atoms with Gasteiger partial charge in [0.15, 0.2) is 0 Å². The third-order valence-electron chi connectivity index (χ3n) is 4.59. The van der Waals surface area contributed by atoms with E-state index in [1.165, 1.54) is 0 Å². The zero-order valence-electron chi connectivity index (χ0n) is 14.9. The van der Waals surface area contributed by atoms with Crippen LogP contribution in [0.3, 0.4) is 0 Å². The minimum Gasteiger partial charge on any atom is -0.396 e. The summed E-state index contributed by atoms with van der Waals surface area (Å²) in [6, 6.07) is 0.876. The summed E-state index contributed by atoms with van der Waals surface area (Å²) in [4.78, 5) is 1.82. The van der Waals surface area contributed by atoms with Gasteiger partial charge in [-0.25, -0.2) is 0 Å². The molecule has 10 heteroatoms. The number of halogens is 7. The molecule has 1 aliphatic heterocycles. The molecule has 0 amide bonds. The summed E-state index contributed by atoms with van der Waals surface area (Å²) in [5.74, 6) is 0. The van der Waals surface area contributed by atoms with Crippen LogP contribution in [0.25, 0.3) is 0 Å². The van der Waals surface area contributed by atoms with Crippen LogP contribution < -0.4 is 5.32 Å². The van der Waals surface area contributed by atoms with Crippen molar-refractivity contribution in [1.29, 1.82) is 0 Å². The molecule has 1 heterocycles. The van der Waals surface area contributed by atoms with E-state index in [9.17, 15) is 31.4 Å². The Bertz CT molecular complexity index is 595. The molecule has 1 atom stereocenters. The van der Waals surface area contributed by atoms with Crippen LogP contribution in [0.1, 0.15) is 36.6 Å². The van der Waals surface area contributed by atoms with Gasteiger partial charge in [0.05, 0.1) is 11.1 Å². The number of alkyl halides is 6. The smallest absolute Gasteiger partial charge is 0.396 e. The molecule has 0 radical (unpaired) electrons. The first-order valence-corrected chi connectivity index (χ1v) is 8.21. The Hall–Kier alpha value is -1.03. The molecule has 2 N–H and O–H groups in total. The predicted octanol–water partition coefficient (Wildman–Crippen LogP) is 4.11. The molecule has 2 rings (SSSR count). The minimum atomic E-state index is -4.90. The molecule has 3 nitrogen and oxygen atoms in total. The van der Waals surface area contributed by atoms with Crippen molar-refractivity contribution in [1.82, 2.24) is 10.2 Å². The molecule has 27 heavy (non-hydrogen) atoms. The van der Waals surface area contributed by atoms with E-state index in [1.54, 1.807) is 13.8 Å². The molecular formula is C17H23ClF6N2O. The van der Waals surface area contributed by atoms with Crippen LogP contribution in [0, 0.1) is 5.41 Å². The number of aliphatic hydroxyl groups is 1. The number of hydrogen-bond acceptors (Lipinski definition) is 3. The van der Waals surface area contributed by atoms with Gasteiger partial charge in [0.25, 0.3) is 0 Å². The second-order valence-corrected chi connectivity index (χ2v) is 7.17. The van der Waals surface area contributed by atoms with Gasteiger partial charge in [0, 0.05) is 44.2 Å². The lowest BCUT2D eigenvalue weighted by molar-refractivity contribution is -0.143. The number of benzene rings is 1. The molecule has 0 unspecified atom stereocenters. The highest BCUT2D eigenvalue weighted by Gasteiger charge is 2.41. The Morgan fingerprint density at radius 2 is 1.41 bits per heavy atom. The summed E-state index contributed by atoms with van der Waals surface area (Å²) in [7, 11) is 0. The summed E-state index contributed by atoms with van der Waals surface area (Å²) in [6.45, 7) is 4.96. The summed E-state index contributed by atoms with van der Waals surface area (Å²) in [6.07, 6.45) is -9.79. The molecule has 0 aliphatic carbocycles. The van der Waals surface area contributed by atoms with Crippen molar-refractivity contribution in [3.05, 3.63) is 34.9 Å². The Labute approximate surface area is 160 Å². The van der Waals surface area contributed by atoms with Gasteiger partial charge in [0.2, 0.25) is 0 Å². The summed E-state index contributed by atoms with van der Waals surface area (Å²) in [5, 5.41) is 12.8. The maximum Gasteiger partial charge on any atom is 0.416 e. The van der Waals surface area contributed by atoms with Crippen molar-refractivity contribution >= 4 is 12.4 Å². The van der Waals surface area contributed by atoms with Crippen molar-refractivity contribution in [3.8, 4) is 0 Å². The topological polar surface area (TPSA) is 35.5 Å². The van der Waals surface area contributed by atoms with E-state index < -0.39 is 34.9 Å². The first-order valence-electron chi connectivity index (χ1n) is 8.21. The first-order chi connectivity index (χ1) is 11.9. The van der Waals surface area contributed by atoms with E-state index in [4.69, 9.17) is 0 Å². The second-order valence-electron chi connectivity index (χ2n) is 7.17. The second kappa shape index (κ2) is 8.55. The number of nitrogens with zero attached hydrogens (tertiary/aromatic N) is 1. The van der Waals surface area contributed by atoms with Crippen LogP contribution >= 0.6 is 12.4 Å². The lowest BCUT2D eigenvalue weighted by Crippen LogP contribution is -2.49. The maximum atomic E-state index is 13.2. The molecule has 0 saturated carbocycles. The van der Waals surface area contributed by atoms with E-state index in [1.807, 2.05) is 4.90 Å². The van der Waals surface area contributed by atoms with Crippen molar-refractivity contribution in [3.63, 3.8) is 0 Å². The maximum absolute atomic E-state index is 13.2. The summed E-state index contributed by atoms with van der Waals surface area (Å²) < 4.78 is 79.1. The lowest BCUT2D eigenvalue weighted by Gasteiger charge is -2.43. The highest BCUT2D eigenvalue weighted by atomic mass is 35.5. The van der Waals surface area contributed by atoms with Crippen LogP contribution in [-0.2, 0) is 12.4 Å². The molecule has 1 fully saturated rings. The third-order valence-corrected chi connectivity index (χ3v) is 4.59. The van der Waals surface area contributed by atoms with Gasteiger partial charge in [0.1, 0.15) is 0 Å². The average Bonchev–Trinajstić information content (AvgIpc) is 2.54. The van der Waals surface area contributed by atoms with E-state index in [0.29, 0.717) is 26.2 Å². The third kappa shape index (κ3) is 5.73. The summed E-state index contributed by atoms with van der Waals surface area (Å²) >= 11 is 0. The number of rotatable bonds is 4. The Kier molecular flexibility index (Phi) is 7.60. The predicted molar refractivity (Wildman–Crippen MR) is 91.7 cm³/mol. The van der Waals surface area contributed by atoms with Gasteiger partial charge in [-0.15, -0.1) is 12.4 Å². The van der Waals surface area contributed by atoms with Gasteiger partial charge in [-0.1, -0.05) is 13.8 Å². The molecule has 0 bridgehead atoms. The van der Waals surface area contributed by atoms with Crippen LogP contribution in [0.2, 0.25) is 0 Å². The first kappa shape index (κ1) is 24.0. The standard InChI is InChI=1S/C17H22F6N2O.ClH/c1-15(2,10-26)14(25-5-3-24-4-6-25)11-7-12(16(18,19)20)9-13(8-11)17(21,22)23;/h7-9,14,24,26H,3-6,10H2,1-2H3;1H/t14-;/m0./s1. The zero-order chi connectivity index (χ0) is 19.8. The van der Waals surface area contributed by atoms with Crippen LogP contribution in [0.5, 0.6) is 0 Å². The van der Waals surface area contributed by atoms with Gasteiger partial charge < -0.3 is 10.4 Å². The highest BCUT2D eigenvalue weighted by molar-refractivity contribution is 5.85. The van der Waals surface area contributed by atoms with Gasteiger partial charge in [-0.3, -0.25) is 4.90 Å². The molecule has 1 aromatic rings. The SMILES string of the molecule is CC(C)(CO)[C@H](c1cc(C(F)(F)F)cc(C(F)(F)F)c1)N1CCNCC1.Cl. The number of nitrogens with one attached hydrogen (secondary N) is 1. The van der Waals surface area contributed by atoms with Crippen LogP contribution in [0.15, 0.2) is 18.2 Å². The zero-order valence-corrected chi connectivity index (χ0v) is 15.7. The van der Waals surface area contributed by atoms with Crippen LogP contribution in [-0.4, -0.2) is 42.8 Å². The molecule has 1 saturated heterocycles. The van der Waals surface area contributed by atoms with Crippen molar-refractivity contribution < 1.29 is 31.4 Å². The molecular weight excluding hydrogens is 398 g/mol. The Morgan fingerprint density at radius 3 is 1.78 bits per heavy atom. The van der Waals surface area contributed by atoms with Gasteiger partial charge >= 0.3 is 12.4 Å². The minimum absolute atomic E-state index is 0. The van der Waals surface area contributed by atoms with E-state index >= 15 is 0 Å². The quantitative estimate of drug-likeness (QED) is 0.720.